The van der Waals surface area contributed by atoms with Crippen LogP contribution in [0.2, 0.25) is 0 Å². The van der Waals surface area contributed by atoms with Crippen LogP contribution in [0.1, 0.15) is 34.8 Å². The number of aryl methyl sites for hydroxylation is 2. The van der Waals surface area contributed by atoms with Gasteiger partial charge in [0.05, 0.1) is 12.2 Å². The molecule has 5 nitrogen and oxygen atoms in total. The monoisotopic (exact) mass is 256 g/mol. The van der Waals surface area contributed by atoms with E-state index in [1.54, 1.807) is 11.3 Å². The van der Waals surface area contributed by atoms with Crippen molar-refractivity contribution in [3.05, 3.63) is 15.6 Å². The Morgan fingerprint density at radius 1 is 1.35 bits per heavy atom. The van der Waals surface area contributed by atoms with Crippen LogP contribution in [0.4, 0.5) is 0 Å². The van der Waals surface area contributed by atoms with Crippen molar-refractivity contribution >= 4 is 23.2 Å². The van der Waals surface area contributed by atoms with Gasteiger partial charge in [0.1, 0.15) is 5.01 Å². The number of carbonyl (C=O) groups excluding carboxylic acids is 1. The molecule has 0 spiro atoms. The van der Waals surface area contributed by atoms with Crippen molar-refractivity contribution in [1.29, 1.82) is 0 Å². The quantitative estimate of drug-likeness (QED) is 0.810. The van der Waals surface area contributed by atoms with Crippen LogP contribution in [-0.2, 0) is 16.1 Å². The Morgan fingerprint density at radius 3 is 2.59 bits per heavy atom. The van der Waals surface area contributed by atoms with Crippen molar-refractivity contribution in [3.63, 3.8) is 0 Å². The molecule has 2 N–H and O–H groups in total. The lowest BCUT2D eigenvalue weighted by molar-refractivity contribution is -0.137. The Balaban J connectivity index is 2.26. The maximum absolute atomic E-state index is 11.4. The van der Waals surface area contributed by atoms with Crippen molar-refractivity contribution in [3.8, 4) is 0 Å². The number of hydrogen-bond donors (Lipinski definition) is 2. The first kappa shape index (κ1) is 13.6. The summed E-state index contributed by atoms with van der Waals surface area (Å²) < 4.78 is 0. The predicted octanol–water partition coefficient (Wildman–Crippen LogP) is 1.63. The van der Waals surface area contributed by atoms with Gasteiger partial charge in [-0.25, -0.2) is 4.98 Å². The highest BCUT2D eigenvalue weighted by Gasteiger charge is 2.06. The summed E-state index contributed by atoms with van der Waals surface area (Å²) in [6, 6.07) is 0. The van der Waals surface area contributed by atoms with Crippen LogP contribution < -0.4 is 5.32 Å². The number of rotatable bonds is 6. The van der Waals surface area contributed by atoms with E-state index < -0.39 is 5.97 Å². The third-order valence-electron chi connectivity index (χ3n) is 2.30. The van der Waals surface area contributed by atoms with E-state index in [1.807, 2.05) is 13.8 Å². The Morgan fingerprint density at radius 2 is 2.06 bits per heavy atom. The van der Waals surface area contributed by atoms with E-state index >= 15 is 0 Å². The highest BCUT2D eigenvalue weighted by molar-refractivity contribution is 7.11. The zero-order valence-corrected chi connectivity index (χ0v) is 10.8. The molecule has 1 heterocycles. The van der Waals surface area contributed by atoms with Gasteiger partial charge in [0, 0.05) is 17.7 Å². The maximum Gasteiger partial charge on any atom is 0.303 e. The van der Waals surface area contributed by atoms with Gasteiger partial charge in [-0.1, -0.05) is 0 Å². The van der Waals surface area contributed by atoms with Crippen molar-refractivity contribution in [1.82, 2.24) is 10.3 Å². The minimum atomic E-state index is -0.871. The molecular formula is C11H16N2O3S. The number of aliphatic carboxylic acids is 1. The van der Waals surface area contributed by atoms with Crippen molar-refractivity contribution in [2.24, 2.45) is 0 Å². The zero-order valence-electron chi connectivity index (χ0n) is 9.95. The molecule has 0 saturated carbocycles. The molecule has 94 valence electrons. The van der Waals surface area contributed by atoms with Gasteiger partial charge in [0.2, 0.25) is 5.91 Å². The fourth-order valence-corrected chi connectivity index (χ4v) is 2.15. The van der Waals surface area contributed by atoms with Crippen LogP contribution in [0.15, 0.2) is 0 Å². The minimum Gasteiger partial charge on any atom is -0.481 e. The third-order valence-corrected chi connectivity index (χ3v) is 3.38. The molecule has 0 bridgehead atoms. The van der Waals surface area contributed by atoms with E-state index in [-0.39, 0.29) is 18.7 Å². The molecule has 0 aliphatic rings. The van der Waals surface area contributed by atoms with Crippen LogP contribution in [0.3, 0.4) is 0 Å². The number of carboxylic acid groups (broad SMARTS) is 1. The second-order valence-electron chi connectivity index (χ2n) is 3.77. The van der Waals surface area contributed by atoms with Gasteiger partial charge in [-0.3, -0.25) is 9.59 Å². The van der Waals surface area contributed by atoms with Crippen molar-refractivity contribution in [2.45, 2.75) is 39.7 Å². The number of thiazole rings is 1. The molecule has 0 radical (unpaired) electrons. The molecule has 17 heavy (non-hydrogen) atoms. The molecule has 0 fully saturated rings. The largest absolute Gasteiger partial charge is 0.481 e. The Kier molecular flexibility index (Phi) is 5.09. The van der Waals surface area contributed by atoms with E-state index in [1.165, 1.54) is 0 Å². The molecule has 0 aromatic carbocycles. The van der Waals surface area contributed by atoms with E-state index in [0.29, 0.717) is 13.0 Å². The standard InChI is InChI=1S/C11H16N2O3S/c1-7-8(2)17-10(13-7)6-12-9(14)4-3-5-11(15)16/h3-6H2,1-2H3,(H,12,14)(H,15,16). The summed E-state index contributed by atoms with van der Waals surface area (Å²) in [6.45, 7) is 4.35. The van der Waals surface area contributed by atoms with Crippen LogP contribution in [0, 0.1) is 13.8 Å². The molecule has 0 aliphatic heterocycles. The molecule has 1 aromatic rings. The number of hydrogen-bond acceptors (Lipinski definition) is 4. The van der Waals surface area contributed by atoms with Crippen LogP contribution in [-0.4, -0.2) is 22.0 Å². The second-order valence-corrected chi connectivity index (χ2v) is 5.06. The summed E-state index contributed by atoms with van der Waals surface area (Å²) in [6.07, 6.45) is 0.648. The molecule has 1 rings (SSSR count). The van der Waals surface area contributed by atoms with Gasteiger partial charge >= 0.3 is 5.97 Å². The molecule has 1 aromatic heterocycles. The fourth-order valence-electron chi connectivity index (χ4n) is 1.28. The summed E-state index contributed by atoms with van der Waals surface area (Å²) >= 11 is 1.57. The van der Waals surface area contributed by atoms with E-state index in [2.05, 4.69) is 10.3 Å². The van der Waals surface area contributed by atoms with Gasteiger partial charge in [-0.15, -0.1) is 11.3 Å². The minimum absolute atomic E-state index is 0.0306. The average Bonchev–Trinajstić information content (AvgIpc) is 2.55. The highest BCUT2D eigenvalue weighted by Crippen LogP contribution is 2.15. The Bertz CT molecular complexity index is 395. The van der Waals surface area contributed by atoms with Gasteiger partial charge < -0.3 is 10.4 Å². The average molecular weight is 256 g/mol. The first-order valence-corrected chi connectivity index (χ1v) is 6.22. The predicted molar refractivity (Wildman–Crippen MR) is 64.9 cm³/mol. The first-order chi connectivity index (χ1) is 7.99. The van der Waals surface area contributed by atoms with Crippen molar-refractivity contribution in [2.75, 3.05) is 0 Å². The van der Waals surface area contributed by atoms with Crippen LogP contribution >= 0.6 is 11.3 Å². The molecular weight excluding hydrogens is 240 g/mol. The number of amides is 1. The lowest BCUT2D eigenvalue weighted by Crippen LogP contribution is -2.22. The summed E-state index contributed by atoms with van der Waals surface area (Å²) in [4.78, 5) is 27.1. The second kappa shape index (κ2) is 6.34. The van der Waals surface area contributed by atoms with Gasteiger partial charge in [0.25, 0.3) is 0 Å². The topological polar surface area (TPSA) is 79.3 Å². The summed E-state index contributed by atoms with van der Waals surface area (Å²) in [5.74, 6) is -0.999. The smallest absolute Gasteiger partial charge is 0.303 e. The molecule has 0 atom stereocenters. The van der Waals surface area contributed by atoms with E-state index in [0.717, 1.165) is 15.6 Å². The van der Waals surface area contributed by atoms with E-state index in [9.17, 15) is 9.59 Å². The number of nitrogens with zero attached hydrogens (tertiary/aromatic N) is 1. The van der Waals surface area contributed by atoms with Crippen LogP contribution in [0.5, 0.6) is 0 Å². The molecule has 0 aliphatic carbocycles. The molecule has 0 saturated heterocycles. The zero-order chi connectivity index (χ0) is 12.8. The number of carboxylic acids is 1. The molecule has 1 amide bonds. The normalized spacial score (nSPS) is 10.2. The SMILES string of the molecule is Cc1nc(CNC(=O)CCCC(=O)O)sc1C. The highest BCUT2D eigenvalue weighted by atomic mass is 32.1. The third kappa shape index (κ3) is 4.95. The van der Waals surface area contributed by atoms with E-state index in [4.69, 9.17) is 5.11 Å². The van der Waals surface area contributed by atoms with Crippen molar-refractivity contribution < 1.29 is 14.7 Å². The lowest BCUT2D eigenvalue weighted by atomic mass is 10.2. The summed E-state index contributed by atoms with van der Waals surface area (Å²) in [5.41, 5.74) is 0.991. The Hall–Kier alpha value is -1.43. The van der Waals surface area contributed by atoms with Gasteiger partial charge in [-0.05, 0) is 20.3 Å². The Labute approximate surface area is 104 Å². The molecule has 6 heteroatoms. The fraction of sp³-hybridized carbons (Fsp3) is 0.545. The first-order valence-electron chi connectivity index (χ1n) is 5.40. The summed E-state index contributed by atoms with van der Waals surface area (Å²) in [5, 5.41) is 12.0. The maximum atomic E-state index is 11.4. The number of nitrogens with one attached hydrogen (secondary N) is 1. The lowest BCUT2D eigenvalue weighted by Gasteiger charge is -2.01. The van der Waals surface area contributed by atoms with Crippen LogP contribution in [0.25, 0.3) is 0 Å². The van der Waals surface area contributed by atoms with Gasteiger partial charge in [-0.2, -0.15) is 0 Å². The molecule has 0 unspecified atom stereocenters. The number of carbonyl (C=O) groups is 2. The van der Waals surface area contributed by atoms with Gasteiger partial charge in [0.15, 0.2) is 0 Å². The summed E-state index contributed by atoms with van der Waals surface area (Å²) in [7, 11) is 0. The number of aromatic nitrogens is 1.